The molecule has 0 unspecified atom stereocenters. The smallest absolute Gasteiger partial charge is 0.175 e. The molecule has 0 heterocycles. The number of sulfone groups is 1. The van der Waals surface area contributed by atoms with Gasteiger partial charge >= 0.3 is 0 Å². The zero-order valence-corrected chi connectivity index (χ0v) is 28.3. The topological polar surface area (TPSA) is 51.2 Å². The molecule has 5 heteroatoms. The minimum Gasteiger partial charge on any atom is -0.300 e. The van der Waals surface area contributed by atoms with Crippen molar-refractivity contribution in [1.29, 1.82) is 0 Å². The summed E-state index contributed by atoms with van der Waals surface area (Å²) in [5.74, 6) is 0.216. The van der Waals surface area contributed by atoms with Crippen molar-refractivity contribution < 1.29 is 13.2 Å². The Kier molecular flexibility index (Phi) is 12.9. The number of hydrogen-bond donors (Lipinski definition) is 0. The van der Waals surface area contributed by atoms with Crippen LogP contribution in [0.25, 0.3) is 0 Å². The number of rotatable bonds is 4. The van der Waals surface area contributed by atoms with E-state index < -0.39 is 9.84 Å². The number of ketones is 1. The van der Waals surface area contributed by atoms with E-state index in [1.807, 2.05) is 24.3 Å². The Bertz CT molecular complexity index is 1300. The fraction of sp³-hybridized carbons (Fsp3) is 0.457. The van der Waals surface area contributed by atoms with Crippen molar-refractivity contribution in [2.45, 2.75) is 102 Å². The van der Waals surface area contributed by atoms with E-state index in [-0.39, 0.29) is 22.0 Å². The van der Waals surface area contributed by atoms with Crippen LogP contribution in [0.15, 0.2) is 82.6 Å². The second kappa shape index (κ2) is 14.5. The first-order valence-electron chi connectivity index (χ1n) is 13.7. The van der Waals surface area contributed by atoms with Crippen molar-refractivity contribution in [3.63, 3.8) is 0 Å². The molecule has 220 valence electrons. The van der Waals surface area contributed by atoms with Gasteiger partial charge in [0.25, 0.3) is 0 Å². The Morgan fingerprint density at radius 2 is 0.950 bits per heavy atom. The summed E-state index contributed by atoms with van der Waals surface area (Å²) < 4.78 is 22.4. The molecule has 0 aliphatic rings. The molecule has 0 aliphatic heterocycles. The third-order valence-corrected chi connectivity index (χ3v) is 8.25. The lowest BCUT2D eigenvalue weighted by Gasteiger charge is -2.18. The highest BCUT2D eigenvalue weighted by Crippen LogP contribution is 2.25. The zero-order chi connectivity index (χ0) is 30.9. The number of carbonyl (C=O) groups excluding carboxylic acids is 1. The van der Waals surface area contributed by atoms with E-state index in [0.29, 0.717) is 11.3 Å². The van der Waals surface area contributed by atoms with Gasteiger partial charge in [-0.15, -0.1) is 11.8 Å². The van der Waals surface area contributed by atoms with E-state index in [0.717, 1.165) is 11.1 Å². The van der Waals surface area contributed by atoms with Crippen molar-refractivity contribution >= 4 is 27.4 Å². The first-order chi connectivity index (χ1) is 18.1. The minimum atomic E-state index is -3.07. The third kappa shape index (κ3) is 12.9. The average Bonchev–Trinajstić information content (AvgIpc) is 2.83. The second-order valence-corrected chi connectivity index (χ2v) is 16.2. The summed E-state index contributed by atoms with van der Waals surface area (Å²) in [6.07, 6.45) is 3.87. The highest BCUT2D eigenvalue weighted by Gasteiger charge is 2.15. The minimum absolute atomic E-state index is 0.0655. The monoisotopic (exact) mass is 582 g/mol. The summed E-state index contributed by atoms with van der Waals surface area (Å²) in [6, 6.07) is 24.2. The van der Waals surface area contributed by atoms with Gasteiger partial charge in [0, 0.05) is 17.6 Å². The lowest BCUT2D eigenvalue weighted by atomic mass is 9.86. The van der Waals surface area contributed by atoms with Crippen molar-refractivity contribution in [1.82, 2.24) is 0 Å². The fourth-order valence-corrected chi connectivity index (χ4v) is 4.74. The second-order valence-electron chi connectivity index (χ2n) is 13.4. The maximum absolute atomic E-state index is 11.2. The van der Waals surface area contributed by atoms with Gasteiger partial charge in [0.15, 0.2) is 9.84 Å². The van der Waals surface area contributed by atoms with Gasteiger partial charge in [-0.05, 0) is 75.9 Å². The number of hydrogen-bond acceptors (Lipinski definition) is 4. The predicted molar refractivity (Wildman–Crippen MR) is 175 cm³/mol. The first kappa shape index (κ1) is 35.7. The van der Waals surface area contributed by atoms with Gasteiger partial charge in [0.1, 0.15) is 5.78 Å². The van der Waals surface area contributed by atoms with E-state index in [2.05, 4.69) is 105 Å². The van der Waals surface area contributed by atoms with Gasteiger partial charge in [-0.3, -0.25) is 4.79 Å². The summed E-state index contributed by atoms with van der Waals surface area (Å²) >= 11 is 1.79. The molecule has 0 spiro atoms. The molecule has 0 radical (unpaired) electrons. The van der Waals surface area contributed by atoms with E-state index in [4.69, 9.17) is 0 Å². The summed E-state index contributed by atoms with van der Waals surface area (Å²) in [7, 11) is -3.07. The Balaban J connectivity index is 0.000000301. The zero-order valence-electron chi connectivity index (χ0n) is 26.7. The molecule has 40 heavy (non-hydrogen) atoms. The summed E-state index contributed by atoms with van der Waals surface area (Å²) in [6.45, 7) is 21.2. The molecule has 3 aromatic rings. The van der Waals surface area contributed by atoms with Crippen LogP contribution >= 0.6 is 11.8 Å². The highest BCUT2D eigenvalue weighted by atomic mass is 32.2. The number of carbonyl (C=O) groups is 1. The van der Waals surface area contributed by atoms with Crippen LogP contribution < -0.4 is 0 Å². The first-order valence-corrected chi connectivity index (χ1v) is 16.8. The van der Waals surface area contributed by atoms with Crippen molar-refractivity contribution in [3.8, 4) is 0 Å². The van der Waals surface area contributed by atoms with Crippen LogP contribution in [-0.2, 0) is 37.3 Å². The molecule has 0 saturated heterocycles. The maximum atomic E-state index is 11.2. The van der Waals surface area contributed by atoms with Crippen LogP contribution in [0, 0.1) is 0 Å². The largest absolute Gasteiger partial charge is 0.300 e. The molecule has 0 fully saturated rings. The van der Waals surface area contributed by atoms with E-state index in [9.17, 15) is 13.2 Å². The van der Waals surface area contributed by atoms with Gasteiger partial charge < -0.3 is 0 Å². The van der Waals surface area contributed by atoms with Gasteiger partial charge in [-0.25, -0.2) is 8.42 Å². The SMILES string of the molecule is CC(=O)Cc1ccc(C(C)(C)C)cc1.CC(C)(C)c1ccc(S(C)(=O)=O)cc1.CSc1ccc(C(C)(C)C)cc1. The molecule has 0 bridgehead atoms. The molecule has 3 rings (SSSR count). The van der Waals surface area contributed by atoms with Gasteiger partial charge in [0.2, 0.25) is 0 Å². The predicted octanol–water partition coefficient (Wildman–Crippen LogP) is 9.21. The Hall–Kier alpha value is -2.37. The van der Waals surface area contributed by atoms with Crippen molar-refractivity contribution in [2.75, 3.05) is 12.5 Å². The van der Waals surface area contributed by atoms with Crippen molar-refractivity contribution in [2.24, 2.45) is 0 Å². The molecular formula is C35H50O3S2. The Labute approximate surface area is 249 Å². The summed E-state index contributed by atoms with van der Waals surface area (Å²) in [5.41, 5.74) is 5.49. The van der Waals surface area contributed by atoms with Crippen molar-refractivity contribution in [3.05, 3.63) is 95.1 Å². The Morgan fingerprint density at radius 1 is 0.625 bits per heavy atom. The average molecular weight is 583 g/mol. The lowest BCUT2D eigenvalue weighted by Crippen LogP contribution is -2.11. The van der Waals surface area contributed by atoms with Crippen LogP contribution in [0.5, 0.6) is 0 Å². The van der Waals surface area contributed by atoms with Gasteiger partial charge in [-0.2, -0.15) is 0 Å². The van der Waals surface area contributed by atoms with Crippen LogP contribution in [0.4, 0.5) is 0 Å². The summed E-state index contributed by atoms with van der Waals surface area (Å²) in [5, 5.41) is 0. The third-order valence-electron chi connectivity index (χ3n) is 6.38. The Morgan fingerprint density at radius 3 is 1.23 bits per heavy atom. The van der Waals surface area contributed by atoms with Crippen LogP contribution in [0.3, 0.4) is 0 Å². The quantitative estimate of drug-likeness (QED) is 0.288. The van der Waals surface area contributed by atoms with E-state index in [1.165, 1.54) is 22.3 Å². The lowest BCUT2D eigenvalue weighted by molar-refractivity contribution is -0.116. The number of benzene rings is 3. The molecule has 0 aliphatic carbocycles. The van der Waals surface area contributed by atoms with E-state index in [1.54, 1.807) is 30.8 Å². The van der Waals surface area contributed by atoms with Gasteiger partial charge in [-0.1, -0.05) is 111 Å². The van der Waals surface area contributed by atoms with Gasteiger partial charge in [0.05, 0.1) is 4.90 Å². The molecular weight excluding hydrogens is 533 g/mol. The maximum Gasteiger partial charge on any atom is 0.175 e. The fourth-order valence-electron chi connectivity index (χ4n) is 3.70. The molecule has 3 nitrogen and oxygen atoms in total. The van der Waals surface area contributed by atoms with Crippen LogP contribution in [0.1, 0.15) is 91.5 Å². The normalized spacial score (nSPS) is 12.0. The molecule has 0 N–H and O–H groups in total. The summed E-state index contributed by atoms with van der Waals surface area (Å²) in [4.78, 5) is 12.6. The van der Waals surface area contributed by atoms with Crippen LogP contribution in [-0.4, -0.2) is 26.7 Å². The highest BCUT2D eigenvalue weighted by molar-refractivity contribution is 7.98. The van der Waals surface area contributed by atoms with Crippen LogP contribution in [0.2, 0.25) is 0 Å². The van der Waals surface area contributed by atoms with E-state index >= 15 is 0 Å². The molecule has 0 atom stereocenters. The molecule has 3 aromatic carbocycles. The number of Topliss-reactive ketones (excluding diaryl/α,β-unsaturated/α-hetero) is 1. The molecule has 0 aromatic heterocycles. The molecule has 0 saturated carbocycles. The number of thioether (sulfide) groups is 1. The standard InChI is InChI=1S/C13H18O.C11H16O2S.C11H16S/c1-10(14)9-11-5-7-12(8-6-11)13(2,3)4;1-11(2,3)9-5-7-10(8-6-9)14(4,12)13;1-11(2,3)9-5-7-10(12-4)8-6-9/h5-8H,9H2,1-4H3;5-8H,1-4H3;5-8H,1-4H3. The molecule has 0 amide bonds.